The number of methoxy groups -OCH3 is 1. The first-order chi connectivity index (χ1) is 7.83. The Kier molecular flexibility index (Phi) is 3.47. The first-order valence-corrected chi connectivity index (χ1v) is 5.55. The molecule has 0 aliphatic heterocycles. The van der Waals surface area contributed by atoms with Crippen LogP contribution in [0, 0.1) is 0 Å². The summed E-state index contributed by atoms with van der Waals surface area (Å²) < 4.78 is 11.0. The highest BCUT2D eigenvalue weighted by molar-refractivity contribution is 5.56. The monoisotopic (exact) mass is 219 g/mol. The Morgan fingerprint density at radius 3 is 2.81 bits per heavy atom. The lowest BCUT2D eigenvalue weighted by Gasteiger charge is -2.10. The molecule has 0 radical (unpaired) electrons. The van der Waals surface area contributed by atoms with Crippen molar-refractivity contribution in [3.8, 4) is 11.5 Å². The van der Waals surface area contributed by atoms with E-state index in [9.17, 15) is 0 Å². The molecule has 3 nitrogen and oxygen atoms in total. The number of hydrogen-bond donors (Lipinski definition) is 1. The molecular formula is C13H17NO2. The van der Waals surface area contributed by atoms with Crippen LogP contribution >= 0.6 is 0 Å². The molecule has 0 saturated heterocycles. The van der Waals surface area contributed by atoms with Crippen LogP contribution in [-0.4, -0.2) is 19.8 Å². The molecule has 1 aromatic carbocycles. The molecule has 0 unspecified atom stereocenters. The van der Waals surface area contributed by atoms with E-state index in [2.05, 4.69) is 0 Å². The summed E-state index contributed by atoms with van der Waals surface area (Å²) in [6, 6.07) is 5.92. The van der Waals surface area contributed by atoms with Crippen molar-refractivity contribution in [1.29, 1.82) is 0 Å². The van der Waals surface area contributed by atoms with Gasteiger partial charge in [-0.1, -0.05) is 18.2 Å². The second-order valence-electron chi connectivity index (χ2n) is 3.87. The Labute approximate surface area is 95.9 Å². The SMILES string of the molecule is COc1cc(/C=C/CN)ccc1OC1CC1. The maximum Gasteiger partial charge on any atom is 0.161 e. The topological polar surface area (TPSA) is 44.5 Å². The molecule has 86 valence electrons. The fourth-order valence-corrected chi connectivity index (χ4v) is 1.45. The van der Waals surface area contributed by atoms with Gasteiger partial charge in [-0.3, -0.25) is 0 Å². The molecular weight excluding hydrogens is 202 g/mol. The first-order valence-electron chi connectivity index (χ1n) is 5.55. The number of ether oxygens (including phenoxy) is 2. The lowest BCUT2D eigenvalue weighted by atomic mass is 10.2. The largest absolute Gasteiger partial charge is 0.493 e. The zero-order valence-electron chi connectivity index (χ0n) is 9.48. The number of benzene rings is 1. The van der Waals surface area contributed by atoms with Gasteiger partial charge in [0.2, 0.25) is 0 Å². The van der Waals surface area contributed by atoms with E-state index >= 15 is 0 Å². The zero-order valence-corrected chi connectivity index (χ0v) is 9.48. The van der Waals surface area contributed by atoms with Gasteiger partial charge in [0.15, 0.2) is 11.5 Å². The van der Waals surface area contributed by atoms with Crippen LogP contribution in [0.15, 0.2) is 24.3 Å². The summed E-state index contributed by atoms with van der Waals surface area (Å²) in [7, 11) is 1.66. The van der Waals surface area contributed by atoms with E-state index in [0.29, 0.717) is 12.6 Å². The predicted octanol–water partition coefficient (Wildman–Crippen LogP) is 2.21. The molecule has 0 amide bonds. The third-order valence-electron chi connectivity index (χ3n) is 2.45. The van der Waals surface area contributed by atoms with E-state index in [1.165, 1.54) is 0 Å². The second kappa shape index (κ2) is 5.03. The van der Waals surface area contributed by atoms with E-state index in [1.807, 2.05) is 30.4 Å². The van der Waals surface area contributed by atoms with Gasteiger partial charge in [-0.05, 0) is 30.5 Å². The zero-order chi connectivity index (χ0) is 11.4. The predicted molar refractivity (Wildman–Crippen MR) is 64.7 cm³/mol. The van der Waals surface area contributed by atoms with E-state index < -0.39 is 0 Å². The molecule has 2 rings (SSSR count). The molecule has 1 fully saturated rings. The van der Waals surface area contributed by atoms with Crippen LogP contribution in [0.1, 0.15) is 18.4 Å². The Morgan fingerprint density at radius 2 is 2.19 bits per heavy atom. The van der Waals surface area contributed by atoms with Gasteiger partial charge < -0.3 is 15.2 Å². The fraction of sp³-hybridized carbons (Fsp3) is 0.385. The Hall–Kier alpha value is -1.48. The molecule has 0 aromatic heterocycles. The van der Waals surface area contributed by atoms with Gasteiger partial charge in [0.25, 0.3) is 0 Å². The highest BCUT2D eigenvalue weighted by Crippen LogP contribution is 2.34. The minimum absolute atomic E-state index is 0.388. The van der Waals surface area contributed by atoms with Crippen LogP contribution in [0.3, 0.4) is 0 Å². The Balaban J connectivity index is 2.16. The molecule has 1 aliphatic carbocycles. The summed E-state index contributed by atoms with van der Waals surface area (Å²) in [5, 5.41) is 0. The molecule has 0 spiro atoms. The van der Waals surface area contributed by atoms with Crippen LogP contribution in [0.2, 0.25) is 0 Å². The van der Waals surface area contributed by atoms with Crippen LogP contribution in [0.25, 0.3) is 6.08 Å². The van der Waals surface area contributed by atoms with Crippen LogP contribution < -0.4 is 15.2 Å². The van der Waals surface area contributed by atoms with E-state index in [4.69, 9.17) is 15.2 Å². The highest BCUT2D eigenvalue weighted by Gasteiger charge is 2.24. The van der Waals surface area contributed by atoms with Gasteiger partial charge in [0.05, 0.1) is 13.2 Å². The number of hydrogen-bond acceptors (Lipinski definition) is 3. The standard InChI is InChI=1S/C13H17NO2/c1-15-13-9-10(3-2-8-14)4-7-12(13)16-11-5-6-11/h2-4,7,9,11H,5-6,8,14H2,1H3/b3-2+. The van der Waals surface area contributed by atoms with E-state index in [0.717, 1.165) is 29.9 Å². The van der Waals surface area contributed by atoms with Gasteiger partial charge in [-0.25, -0.2) is 0 Å². The molecule has 0 bridgehead atoms. The van der Waals surface area contributed by atoms with E-state index in [-0.39, 0.29) is 0 Å². The Morgan fingerprint density at radius 1 is 1.38 bits per heavy atom. The minimum Gasteiger partial charge on any atom is -0.493 e. The van der Waals surface area contributed by atoms with E-state index in [1.54, 1.807) is 7.11 Å². The summed E-state index contributed by atoms with van der Waals surface area (Å²) >= 11 is 0. The van der Waals surface area contributed by atoms with Gasteiger partial charge in [-0.2, -0.15) is 0 Å². The van der Waals surface area contributed by atoms with Crippen molar-refractivity contribution < 1.29 is 9.47 Å². The minimum atomic E-state index is 0.388. The van der Waals surface area contributed by atoms with Crippen molar-refractivity contribution >= 4 is 6.08 Å². The van der Waals surface area contributed by atoms with Crippen molar-refractivity contribution in [3.63, 3.8) is 0 Å². The molecule has 3 heteroatoms. The first kappa shape index (κ1) is 11.0. The van der Waals surface area contributed by atoms with Crippen molar-refractivity contribution in [2.24, 2.45) is 5.73 Å². The summed E-state index contributed by atoms with van der Waals surface area (Å²) in [6.07, 6.45) is 6.58. The van der Waals surface area contributed by atoms with Crippen LogP contribution in [0.4, 0.5) is 0 Å². The molecule has 16 heavy (non-hydrogen) atoms. The van der Waals surface area contributed by atoms with Crippen molar-refractivity contribution in [2.75, 3.05) is 13.7 Å². The van der Waals surface area contributed by atoms with Gasteiger partial charge in [0.1, 0.15) is 0 Å². The fourth-order valence-electron chi connectivity index (χ4n) is 1.45. The average Bonchev–Trinajstić information content (AvgIpc) is 3.11. The number of rotatable bonds is 5. The quantitative estimate of drug-likeness (QED) is 0.825. The summed E-state index contributed by atoms with van der Waals surface area (Å²) in [5.41, 5.74) is 6.48. The van der Waals surface area contributed by atoms with Crippen LogP contribution in [-0.2, 0) is 0 Å². The van der Waals surface area contributed by atoms with Gasteiger partial charge in [-0.15, -0.1) is 0 Å². The molecule has 0 atom stereocenters. The number of nitrogens with two attached hydrogens (primary N) is 1. The normalized spacial score (nSPS) is 15.4. The molecule has 1 saturated carbocycles. The summed E-state index contributed by atoms with van der Waals surface area (Å²) in [6.45, 7) is 0.544. The third kappa shape index (κ3) is 2.76. The maximum absolute atomic E-state index is 5.73. The maximum atomic E-state index is 5.73. The van der Waals surface area contributed by atoms with Crippen LogP contribution in [0.5, 0.6) is 11.5 Å². The van der Waals surface area contributed by atoms with Crippen molar-refractivity contribution in [1.82, 2.24) is 0 Å². The second-order valence-corrected chi connectivity index (χ2v) is 3.87. The van der Waals surface area contributed by atoms with Crippen molar-refractivity contribution in [2.45, 2.75) is 18.9 Å². The summed E-state index contributed by atoms with van der Waals surface area (Å²) in [4.78, 5) is 0. The molecule has 1 aromatic rings. The van der Waals surface area contributed by atoms with Gasteiger partial charge >= 0.3 is 0 Å². The molecule has 2 N–H and O–H groups in total. The third-order valence-corrected chi connectivity index (χ3v) is 2.45. The average molecular weight is 219 g/mol. The molecule has 0 heterocycles. The lowest BCUT2D eigenvalue weighted by molar-refractivity contribution is 0.282. The smallest absolute Gasteiger partial charge is 0.161 e. The highest BCUT2D eigenvalue weighted by atomic mass is 16.5. The lowest BCUT2D eigenvalue weighted by Crippen LogP contribution is -1.98. The Bertz CT molecular complexity index is 384. The summed E-state index contributed by atoms with van der Waals surface area (Å²) in [5.74, 6) is 1.61. The van der Waals surface area contributed by atoms with Crippen molar-refractivity contribution in [3.05, 3.63) is 29.8 Å². The molecule has 1 aliphatic rings. The van der Waals surface area contributed by atoms with Gasteiger partial charge in [0, 0.05) is 6.54 Å².